The molecule has 9 heteroatoms. The van der Waals surface area contributed by atoms with E-state index < -0.39 is 36.9 Å². The second-order valence-corrected chi connectivity index (χ2v) is 3.76. The van der Waals surface area contributed by atoms with Crippen LogP contribution in [-0.4, -0.2) is 31.0 Å². The summed E-state index contributed by atoms with van der Waals surface area (Å²) in [5.74, 6) is -2.06. The molecule has 0 fully saturated rings. The Kier molecular flexibility index (Phi) is 5.74. The molecule has 0 aromatic carbocycles. The van der Waals surface area contributed by atoms with Gasteiger partial charge in [0.1, 0.15) is 12.4 Å². The van der Waals surface area contributed by atoms with Crippen LogP contribution in [0.15, 0.2) is 6.20 Å². The Morgan fingerprint density at radius 3 is 2.48 bits per heavy atom. The first kappa shape index (κ1) is 17.0. The molecule has 0 N–H and O–H groups in total. The van der Waals surface area contributed by atoms with Gasteiger partial charge in [-0.15, -0.1) is 13.2 Å². The van der Waals surface area contributed by atoms with Crippen molar-refractivity contribution in [2.45, 2.75) is 26.4 Å². The molecule has 0 aliphatic rings. The fraction of sp³-hybridized carbons (Fsp3) is 0.500. The summed E-state index contributed by atoms with van der Waals surface area (Å²) in [6.07, 6.45) is -4.60. The maximum absolute atomic E-state index is 12.7. The van der Waals surface area contributed by atoms with E-state index in [2.05, 4.69) is 14.5 Å². The van der Waals surface area contributed by atoms with Crippen LogP contribution < -0.4 is 9.47 Å². The van der Waals surface area contributed by atoms with Crippen molar-refractivity contribution < 1.29 is 36.6 Å². The molecule has 21 heavy (non-hydrogen) atoms. The predicted octanol–water partition coefficient (Wildman–Crippen LogP) is 2.56. The highest BCUT2D eigenvalue weighted by atomic mass is 19.4. The van der Waals surface area contributed by atoms with Crippen LogP contribution in [0.3, 0.4) is 0 Å². The summed E-state index contributed by atoms with van der Waals surface area (Å²) >= 11 is 0. The molecule has 0 unspecified atom stereocenters. The first-order chi connectivity index (χ1) is 9.82. The SMILES string of the molecule is CCOC(=O)Cc1cnc(CF)c(OC)c1OC(F)(F)F. The van der Waals surface area contributed by atoms with Gasteiger partial charge in [-0.1, -0.05) is 0 Å². The van der Waals surface area contributed by atoms with E-state index in [0.29, 0.717) is 0 Å². The summed E-state index contributed by atoms with van der Waals surface area (Å²) in [5.41, 5.74) is -0.566. The largest absolute Gasteiger partial charge is 0.573 e. The number of rotatable bonds is 6. The Balaban J connectivity index is 3.25. The third kappa shape index (κ3) is 4.76. The lowest BCUT2D eigenvalue weighted by Crippen LogP contribution is -2.20. The highest BCUT2D eigenvalue weighted by molar-refractivity contribution is 5.74. The van der Waals surface area contributed by atoms with Crippen LogP contribution in [0.2, 0.25) is 0 Å². The Hall–Kier alpha value is -2.06. The number of pyridine rings is 1. The lowest BCUT2D eigenvalue weighted by Gasteiger charge is -2.17. The molecule has 118 valence electrons. The van der Waals surface area contributed by atoms with E-state index in [1.54, 1.807) is 6.92 Å². The molecule has 0 bridgehead atoms. The second-order valence-electron chi connectivity index (χ2n) is 3.76. The first-order valence-corrected chi connectivity index (χ1v) is 5.84. The number of ether oxygens (including phenoxy) is 3. The van der Waals surface area contributed by atoms with E-state index in [0.717, 1.165) is 13.3 Å². The van der Waals surface area contributed by atoms with Crippen molar-refractivity contribution >= 4 is 5.97 Å². The van der Waals surface area contributed by atoms with Gasteiger partial charge in [0.05, 0.1) is 20.1 Å². The third-order valence-corrected chi connectivity index (χ3v) is 2.32. The average Bonchev–Trinajstić information content (AvgIpc) is 2.39. The van der Waals surface area contributed by atoms with Gasteiger partial charge in [0, 0.05) is 11.8 Å². The smallest absolute Gasteiger partial charge is 0.491 e. The number of methoxy groups -OCH3 is 1. The van der Waals surface area contributed by atoms with Crippen LogP contribution in [0.4, 0.5) is 17.6 Å². The van der Waals surface area contributed by atoms with E-state index >= 15 is 0 Å². The number of nitrogens with zero attached hydrogens (tertiary/aromatic N) is 1. The van der Waals surface area contributed by atoms with Gasteiger partial charge < -0.3 is 14.2 Å². The molecular weight excluding hydrogens is 298 g/mol. The van der Waals surface area contributed by atoms with E-state index in [4.69, 9.17) is 4.74 Å². The van der Waals surface area contributed by atoms with Crippen LogP contribution >= 0.6 is 0 Å². The summed E-state index contributed by atoms with van der Waals surface area (Å²) in [7, 11) is 1.05. The van der Waals surface area contributed by atoms with Crippen molar-refractivity contribution in [3.05, 3.63) is 17.5 Å². The fourth-order valence-electron chi connectivity index (χ4n) is 1.58. The standard InChI is InChI=1S/C12H13F4NO4/c1-3-20-9(18)4-7-6-17-8(5-13)11(19-2)10(7)21-12(14,15)16/h6H,3-5H2,1-2H3. The van der Waals surface area contributed by atoms with E-state index in [1.807, 2.05) is 0 Å². The Morgan fingerprint density at radius 1 is 1.33 bits per heavy atom. The Bertz CT molecular complexity index is 505. The Morgan fingerprint density at radius 2 is 2.00 bits per heavy atom. The predicted molar refractivity (Wildman–Crippen MR) is 62.6 cm³/mol. The van der Waals surface area contributed by atoms with Gasteiger partial charge in [-0.2, -0.15) is 0 Å². The van der Waals surface area contributed by atoms with Crippen LogP contribution in [0.25, 0.3) is 0 Å². The minimum atomic E-state index is -5.02. The van der Waals surface area contributed by atoms with Gasteiger partial charge in [0.15, 0.2) is 11.5 Å². The number of aromatic nitrogens is 1. The summed E-state index contributed by atoms with van der Waals surface area (Å²) in [6.45, 7) is 0.481. The van der Waals surface area contributed by atoms with Gasteiger partial charge in [-0.05, 0) is 6.92 Å². The molecule has 0 radical (unpaired) electrons. The minimum absolute atomic E-state index is 0.0709. The summed E-state index contributed by atoms with van der Waals surface area (Å²) in [6, 6.07) is 0. The minimum Gasteiger partial charge on any atom is -0.491 e. The number of carbonyl (C=O) groups is 1. The number of carbonyl (C=O) groups excluding carboxylic acids is 1. The van der Waals surface area contributed by atoms with Crippen LogP contribution in [0.1, 0.15) is 18.2 Å². The summed E-state index contributed by atoms with van der Waals surface area (Å²) < 4.78 is 63.3. The molecule has 0 aliphatic carbocycles. The molecule has 0 saturated carbocycles. The highest BCUT2D eigenvalue weighted by Gasteiger charge is 2.35. The molecule has 1 aromatic rings. The topological polar surface area (TPSA) is 57.7 Å². The van der Waals surface area contributed by atoms with Gasteiger partial charge in [0.2, 0.25) is 0 Å². The maximum atomic E-state index is 12.7. The average molecular weight is 311 g/mol. The van der Waals surface area contributed by atoms with E-state index in [1.165, 1.54) is 0 Å². The van der Waals surface area contributed by atoms with Crippen molar-refractivity contribution in [1.29, 1.82) is 0 Å². The maximum Gasteiger partial charge on any atom is 0.573 e. The van der Waals surface area contributed by atoms with Crippen LogP contribution in [0, 0.1) is 0 Å². The summed E-state index contributed by atoms with van der Waals surface area (Å²) in [5, 5.41) is 0. The van der Waals surface area contributed by atoms with Crippen molar-refractivity contribution in [1.82, 2.24) is 4.98 Å². The van der Waals surface area contributed by atoms with Gasteiger partial charge in [0.25, 0.3) is 0 Å². The van der Waals surface area contributed by atoms with Gasteiger partial charge in [-0.3, -0.25) is 9.78 Å². The van der Waals surface area contributed by atoms with Crippen molar-refractivity contribution in [2.75, 3.05) is 13.7 Å². The molecule has 1 rings (SSSR count). The van der Waals surface area contributed by atoms with Gasteiger partial charge in [-0.25, -0.2) is 4.39 Å². The number of esters is 1. The molecule has 1 aromatic heterocycles. The molecule has 0 atom stereocenters. The lowest BCUT2D eigenvalue weighted by molar-refractivity contribution is -0.275. The quantitative estimate of drug-likeness (QED) is 0.597. The highest BCUT2D eigenvalue weighted by Crippen LogP contribution is 2.38. The van der Waals surface area contributed by atoms with E-state index in [-0.39, 0.29) is 17.9 Å². The molecule has 0 spiro atoms. The molecule has 0 saturated heterocycles. The normalized spacial score (nSPS) is 11.1. The third-order valence-electron chi connectivity index (χ3n) is 2.32. The molecule has 5 nitrogen and oxygen atoms in total. The second kappa shape index (κ2) is 7.09. The Labute approximate surface area is 117 Å². The van der Waals surface area contributed by atoms with Crippen molar-refractivity contribution in [3.63, 3.8) is 0 Å². The fourth-order valence-corrected chi connectivity index (χ4v) is 1.58. The zero-order chi connectivity index (χ0) is 16.0. The van der Waals surface area contributed by atoms with Gasteiger partial charge >= 0.3 is 12.3 Å². The summed E-state index contributed by atoms with van der Waals surface area (Å²) in [4.78, 5) is 15.0. The number of hydrogen-bond donors (Lipinski definition) is 0. The molecule has 0 aliphatic heterocycles. The lowest BCUT2D eigenvalue weighted by atomic mass is 10.1. The molecular formula is C12H13F4NO4. The van der Waals surface area contributed by atoms with Crippen LogP contribution in [-0.2, 0) is 22.6 Å². The van der Waals surface area contributed by atoms with Crippen molar-refractivity contribution in [2.24, 2.45) is 0 Å². The molecule has 1 heterocycles. The van der Waals surface area contributed by atoms with Crippen LogP contribution in [0.5, 0.6) is 11.5 Å². The first-order valence-electron chi connectivity index (χ1n) is 5.84. The van der Waals surface area contributed by atoms with Crippen molar-refractivity contribution in [3.8, 4) is 11.5 Å². The van der Waals surface area contributed by atoms with E-state index in [9.17, 15) is 22.4 Å². The monoisotopic (exact) mass is 311 g/mol. The number of hydrogen-bond acceptors (Lipinski definition) is 5. The number of alkyl halides is 4. The zero-order valence-corrected chi connectivity index (χ0v) is 11.3. The zero-order valence-electron chi connectivity index (χ0n) is 11.3. The number of halogens is 4. The molecule has 0 amide bonds.